The van der Waals surface area contributed by atoms with E-state index >= 15 is 0 Å². The standard InChI is InChI=1S/C7H11NO2Se/c1-8-6(4-5-11-3)7(9)10-2/h6H,4-5H2,2-3H3. The van der Waals surface area contributed by atoms with Crippen molar-refractivity contribution in [2.24, 2.45) is 0 Å². The predicted octanol–water partition coefficient (Wildman–Crippen LogP) is 1.01. The number of ether oxygens (including phenoxy) is 1. The van der Waals surface area contributed by atoms with Crippen molar-refractivity contribution < 1.29 is 9.53 Å². The molecule has 0 spiro atoms. The first-order chi connectivity index (χ1) is 5.26. The normalized spacial score (nSPS) is 11.7. The van der Waals surface area contributed by atoms with Gasteiger partial charge >= 0.3 is 72.6 Å². The quantitative estimate of drug-likeness (QED) is 0.402. The van der Waals surface area contributed by atoms with Crippen molar-refractivity contribution in [1.29, 1.82) is 0 Å². The molecule has 0 heterocycles. The number of hydrogen-bond donors (Lipinski definition) is 0. The second kappa shape index (κ2) is 6.21. The first kappa shape index (κ1) is 10.5. The second-order valence-corrected chi connectivity index (χ2v) is 4.02. The number of esters is 1. The van der Waals surface area contributed by atoms with Crippen LogP contribution < -0.4 is 0 Å². The van der Waals surface area contributed by atoms with Crippen molar-refractivity contribution in [3.05, 3.63) is 11.4 Å². The van der Waals surface area contributed by atoms with Crippen LogP contribution in [-0.2, 0) is 9.53 Å². The topological polar surface area (TPSA) is 30.7 Å². The van der Waals surface area contributed by atoms with Gasteiger partial charge in [-0.05, 0) is 0 Å². The molecule has 62 valence electrons. The molecule has 11 heavy (non-hydrogen) atoms. The summed E-state index contributed by atoms with van der Waals surface area (Å²) in [5, 5.41) is 0.967. The fraction of sp³-hybridized carbons (Fsp3) is 0.714. The Morgan fingerprint density at radius 2 is 2.45 bits per heavy atom. The van der Waals surface area contributed by atoms with E-state index in [4.69, 9.17) is 6.57 Å². The predicted molar refractivity (Wildman–Crippen MR) is 43.4 cm³/mol. The molecule has 4 heteroatoms. The molecule has 0 amide bonds. The summed E-state index contributed by atoms with van der Waals surface area (Å²) in [5.74, 6) is 1.69. The molecule has 0 N–H and O–H groups in total. The van der Waals surface area contributed by atoms with Gasteiger partial charge in [-0.1, -0.05) is 0 Å². The van der Waals surface area contributed by atoms with Crippen LogP contribution in [-0.4, -0.2) is 34.1 Å². The summed E-state index contributed by atoms with van der Waals surface area (Å²) in [6.45, 7) is 6.70. The molecule has 3 nitrogen and oxygen atoms in total. The van der Waals surface area contributed by atoms with Gasteiger partial charge in [0.05, 0.1) is 0 Å². The number of methoxy groups -OCH3 is 1. The zero-order chi connectivity index (χ0) is 8.69. The summed E-state index contributed by atoms with van der Waals surface area (Å²) in [6.07, 6.45) is 0.646. The minimum atomic E-state index is -0.568. The Kier molecular flexibility index (Phi) is 5.91. The number of hydrogen-bond acceptors (Lipinski definition) is 2. The van der Waals surface area contributed by atoms with Crippen LogP contribution in [0.15, 0.2) is 0 Å². The Labute approximate surface area is 73.1 Å². The molecular formula is C7H11NO2Se. The van der Waals surface area contributed by atoms with Gasteiger partial charge < -0.3 is 0 Å². The van der Waals surface area contributed by atoms with Crippen LogP contribution >= 0.6 is 0 Å². The summed E-state index contributed by atoms with van der Waals surface area (Å²) < 4.78 is 4.45. The van der Waals surface area contributed by atoms with E-state index in [-0.39, 0.29) is 0 Å². The fourth-order valence-corrected chi connectivity index (χ4v) is 1.56. The van der Waals surface area contributed by atoms with Crippen LogP contribution in [0.4, 0.5) is 0 Å². The zero-order valence-corrected chi connectivity index (χ0v) is 8.38. The van der Waals surface area contributed by atoms with Gasteiger partial charge in [0.1, 0.15) is 0 Å². The van der Waals surface area contributed by atoms with Crippen molar-refractivity contribution in [2.75, 3.05) is 7.11 Å². The van der Waals surface area contributed by atoms with Crippen LogP contribution in [0.5, 0.6) is 0 Å². The summed E-state index contributed by atoms with van der Waals surface area (Å²) in [5.41, 5.74) is 0. The van der Waals surface area contributed by atoms with E-state index in [1.807, 2.05) is 0 Å². The molecule has 0 aromatic heterocycles. The maximum absolute atomic E-state index is 10.8. The SMILES string of the molecule is [C-]#[N+]C(CC[Se]C)C(=O)OC. The molecule has 0 radical (unpaired) electrons. The van der Waals surface area contributed by atoms with E-state index in [0.29, 0.717) is 21.4 Å². The molecule has 0 rings (SSSR count). The molecule has 1 atom stereocenters. The molecule has 0 saturated carbocycles. The van der Waals surface area contributed by atoms with Crippen molar-refractivity contribution in [1.82, 2.24) is 0 Å². The van der Waals surface area contributed by atoms with Crippen LogP contribution in [0.1, 0.15) is 6.42 Å². The maximum atomic E-state index is 10.8. The monoisotopic (exact) mass is 221 g/mol. The van der Waals surface area contributed by atoms with E-state index < -0.39 is 12.0 Å². The van der Waals surface area contributed by atoms with Crippen molar-refractivity contribution in [3.8, 4) is 0 Å². The molecule has 0 bridgehead atoms. The molecule has 0 aliphatic rings. The van der Waals surface area contributed by atoms with E-state index in [1.165, 1.54) is 7.11 Å². The summed E-state index contributed by atoms with van der Waals surface area (Å²) in [6, 6.07) is -0.568. The summed E-state index contributed by atoms with van der Waals surface area (Å²) in [7, 11) is 1.32. The molecule has 0 aromatic rings. The molecule has 0 fully saturated rings. The average Bonchev–Trinajstić information content (AvgIpc) is 2.05. The minimum absolute atomic E-state index is 0.399. The Balaban J connectivity index is 3.78. The number of nitrogens with zero attached hydrogens (tertiary/aromatic N) is 1. The van der Waals surface area contributed by atoms with Gasteiger partial charge in [-0.3, -0.25) is 0 Å². The Hall–Kier alpha value is -0.521. The van der Waals surface area contributed by atoms with Crippen molar-refractivity contribution in [3.63, 3.8) is 0 Å². The van der Waals surface area contributed by atoms with E-state index in [0.717, 1.165) is 5.32 Å². The van der Waals surface area contributed by atoms with Gasteiger partial charge in [-0.2, -0.15) is 0 Å². The Bertz CT molecular complexity index is 164. The van der Waals surface area contributed by atoms with E-state index in [1.54, 1.807) is 0 Å². The Morgan fingerprint density at radius 1 is 1.82 bits per heavy atom. The zero-order valence-electron chi connectivity index (χ0n) is 6.66. The first-order valence-electron chi connectivity index (χ1n) is 3.19. The number of carbonyl (C=O) groups is 1. The molecule has 1 unspecified atom stereocenters. The fourth-order valence-electron chi connectivity index (χ4n) is 0.601. The van der Waals surface area contributed by atoms with Crippen LogP contribution in [0, 0.1) is 6.57 Å². The Morgan fingerprint density at radius 3 is 2.82 bits per heavy atom. The van der Waals surface area contributed by atoms with Crippen LogP contribution in [0.2, 0.25) is 11.1 Å². The van der Waals surface area contributed by atoms with Crippen LogP contribution in [0.3, 0.4) is 0 Å². The molecule has 0 aliphatic heterocycles. The molecule has 0 saturated heterocycles. The first-order valence-corrected chi connectivity index (χ1v) is 6.12. The van der Waals surface area contributed by atoms with Crippen molar-refractivity contribution in [2.45, 2.75) is 23.6 Å². The van der Waals surface area contributed by atoms with Gasteiger partial charge in [0.2, 0.25) is 0 Å². The number of carbonyl (C=O) groups excluding carboxylic acids is 1. The van der Waals surface area contributed by atoms with Crippen LogP contribution in [0.25, 0.3) is 4.85 Å². The van der Waals surface area contributed by atoms with E-state index in [2.05, 4.69) is 15.4 Å². The third-order valence-corrected chi connectivity index (χ3v) is 2.58. The van der Waals surface area contributed by atoms with E-state index in [9.17, 15) is 4.79 Å². The van der Waals surface area contributed by atoms with Gasteiger partial charge in [-0.25, -0.2) is 0 Å². The molecule has 0 aliphatic carbocycles. The van der Waals surface area contributed by atoms with Gasteiger partial charge in [0.15, 0.2) is 0 Å². The summed E-state index contributed by atoms with van der Waals surface area (Å²) >= 11 is 0.539. The van der Waals surface area contributed by atoms with Crippen molar-refractivity contribution >= 4 is 20.9 Å². The molecular weight excluding hydrogens is 209 g/mol. The van der Waals surface area contributed by atoms with Gasteiger partial charge in [-0.15, -0.1) is 0 Å². The number of rotatable bonds is 4. The van der Waals surface area contributed by atoms with Gasteiger partial charge in [0.25, 0.3) is 0 Å². The molecule has 0 aromatic carbocycles. The third-order valence-electron chi connectivity index (χ3n) is 1.22. The summed E-state index contributed by atoms with van der Waals surface area (Å²) in [4.78, 5) is 14.0. The third kappa shape index (κ3) is 4.02. The second-order valence-electron chi connectivity index (χ2n) is 1.95. The average molecular weight is 220 g/mol. The van der Waals surface area contributed by atoms with Gasteiger partial charge in [0, 0.05) is 0 Å².